The number of imidazole rings is 1. The SMILES string of the molecule is CSc1ccccc1C(=O)N1CCC(n2c(C)nc3cc(C(F)(F)F)ccc32)CC1. The van der Waals surface area contributed by atoms with E-state index in [1.807, 2.05) is 46.9 Å². The zero-order valence-electron chi connectivity index (χ0n) is 16.7. The van der Waals surface area contributed by atoms with Gasteiger partial charge in [-0.25, -0.2) is 4.98 Å². The molecule has 158 valence electrons. The number of nitrogens with zero attached hydrogens (tertiary/aromatic N) is 3. The number of piperidine rings is 1. The summed E-state index contributed by atoms with van der Waals surface area (Å²) >= 11 is 1.55. The van der Waals surface area contributed by atoms with Crippen molar-refractivity contribution in [3.63, 3.8) is 0 Å². The zero-order valence-corrected chi connectivity index (χ0v) is 17.6. The van der Waals surface area contributed by atoms with Gasteiger partial charge in [0, 0.05) is 24.0 Å². The molecule has 2 heterocycles. The number of rotatable bonds is 3. The lowest BCUT2D eigenvalue weighted by Gasteiger charge is -2.33. The van der Waals surface area contributed by atoms with Crippen LogP contribution in [0.25, 0.3) is 11.0 Å². The molecule has 0 bridgehead atoms. The van der Waals surface area contributed by atoms with Crippen LogP contribution in [0.15, 0.2) is 47.4 Å². The molecule has 1 amide bonds. The summed E-state index contributed by atoms with van der Waals surface area (Å²) in [5, 5.41) is 0. The van der Waals surface area contributed by atoms with Gasteiger partial charge in [0.2, 0.25) is 0 Å². The summed E-state index contributed by atoms with van der Waals surface area (Å²) in [4.78, 5) is 20.2. The van der Waals surface area contributed by atoms with Crippen molar-refractivity contribution in [1.29, 1.82) is 0 Å². The lowest BCUT2D eigenvalue weighted by molar-refractivity contribution is -0.137. The molecule has 30 heavy (non-hydrogen) atoms. The highest BCUT2D eigenvalue weighted by Gasteiger charge is 2.32. The van der Waals surface area contributed by atoms with Crippen molar-refractivity contribution >= 4 is 28.7 Å². The highest BCUT2D eigenvalue weighted by Crippen LogP contribution is 2.34. The molecule has 0 radical (unpaired) electrons. The topological polar surface area (TPSA) is 38.1 Å². The predicted molar refractivity (Wildman–Crippen MR) is 112 cm³/mol. The van der Waals surface area contributed by atoms with E-state index in [0.717, 1.165) is 29.9 Å². The normalized spacial score (nSPS) is 15.7. The van der Waals surface area contributed by atoms with Gasteiger partial charge in [-0.1, -0.05) is 12.1 Å². The third kappa shape index (κ3) is 3.80. The lowest BCUT2D eigenvalue weighted by atomic mass is 10.0. The van der Waals surface area contributed by atoms with Crippen LogP contribution in [0.3, 0.4) is 0 Å². The summed E-state index contributed by atoms with van der Waals surface area (Å²) in [5.74, 6) is 0.724. The molecule has 8 heteroatoms. The number of aryl methyl sites for hydroxylation is 1. The Kier molecular flexibility index (Phi) is 5.53. The molecule has 0 saturated carbocycles. The number of carbonyl (C=O) groups excluding carboxylic acids is 1. The van der Waals surface area contributed by atoms with E-state index in [9.17, 15) is 18.0 Å². The second-order valence-corrected chi connectivity index (χ2v) is 8.30. The average molecular weight is 433 g/mol. The minimum absolute atomic E-state index is 0.0282. The van der Waals surface area contributed by atoms with Crippen LogP contribution in [0.4, 0.5) is 13.2 Å². The second-order valence-electron chi connectivity index (χ2n) is 7.45. The third-order valence-electron chi connectivity index (χ3n) is 5.65. The number of likely N-dealkylation sites (tertiary alicyclic amines) is 1. The standard InChI is InChI=1S/C22H22F3N3OS/c1-14-26-18-13-15(22(23,24)25)7-8-19(18)28(14)16-9-11-27(12-10-16)21(29)17-5-3-4-6-20(17)30-2/h3-8,13,16H,9-12H2,1-2H3. The first-order valence-electron chi connectivity index (χ1n) is 9.77. The fourth-order valence-corrected chi connectivity index (χ4v) is 4.77. The van der Waals surface area contributed by atoms with Gasteiger partial charge < -0.3 is 9.47 Å². The van der Waals surface area contributed by atoms with Crippen molar-refractivity contribution in [3.8, 4) is 0 Å². The number of amides is 1. The fourth-order valence-electron chi connectivity index (χ4n) is 4.18. The summed E-state index contributed by atoms with van der Waals surface area (Å²) in [5.41, 5.74) is 1.09. The summed E-state index contributed by atoms with van der Waals surface area (Å²) in [6, 6.07) is 11.4. The quantitative estimate of drug-likeness (QED) is 0.508. The monoisotopic (exact) mass is 433 g/mol. The first kappa shape index (κ1) is 20.8. The molecule has 1 aromatic heterocycles. The van der Waals surface area contributed by atoms with E-state index >= 15 is 0 Å². The van der Waals surface area contributed by atoms with Crippen LogP contribution in [0.5, 0.6) is 0 Å². The molecule has 2 aromatic carbocycles. The predicted octanol–water partition coefficient (Wildman–Crippen LogP) is 5.56. The van der Waals surface area contributed by atoms with Gasteiger partial charge in [0.05, 0.1) is 22.2 Å². The molecular weight excluding hydrogens is 411 g/mol. The van der Waals surface area contributed by atoms with Crippen LogP contribution in [-0.2, 0) is 6.18 Å². The Balaban J connectivity index is 1.54. The van der Waals surface area contributed by atoms with Crippen molar-refractivity contribution in [3.05, 3.63) is 59.4 Å². The van der Waals surface area contributed by atoms with Gasteiger partial charge in [-0.05, 0) is 56.4 Å². The largest absolute Gasteiger partial charge is 0.416 e. The van der Waals surface area contributed by atoms with E-state index in [4.69, 9.17) is 0 Å². The maximum absolute atomic E-state index is 13.0. The molecule has 3 aromatic rings. The Morgan fingerprint density at radius 1 is 1.13 bits per heavy atom. The number of thioether (sulfide) groups is 1. The first-order valence-corrected chi connectivity index (χ1v) is 11.0. The van der Waals surface area contributed by atoms with Gasteiger partial charge in [0.15, 0.2) is 0 Å². The van der Waals surface area contributed by atoms with E-state index in [1.165, 1.54) is 6.07 Å². The number of halogens is 3. The van der Waals surface area contributed by atoms with E-state index in [-0.39, 0.29) is 11.9 Å². The summed E-state index contributed by atoms with van der Waals surface area (Å²) in [6.45, 7) is 3.03. The van der Waals surface area contributed by atoms with E-state index < -0.39 is 11.7 Å². The number of fused-ring (bicyclic) bond motifs is 1. The Bertz CT molecular complexity index is 1080. The molecule has 0 unspecified atom stereocenters. The van der Waals surface area contributed by atoms with Gasteiger partial charge in [-0.3, -0.25) is 4.79 Å². The van der Waals surface area contributed by atoms with Crippen molar-refractivity contribution in [1.82, 2.24) is 14.5 Å². The number of carbonyl (C=O) groups is 1. The third-order valence-corrected chi connectivity index (χ3v) is 6.44. The second kappa shape index (κ2) is 7.98. The highest BCUT2D eigenvalue weighted by molar-refractivity contribution is 7.98. The maximum atomic E-state index is 13.0. The molecular formula is C22H22F3N3OS. The summed E-state index contributed by atoms with van der Waals surface area (Å²) in [7, 11) is 0. The van der Waals surface area contributed by atoms with Gasteiger partial charge >= 0.3 is 6.18 Å². The Morgan fingerprint density at radius 2 is 1.83 bits per heavy atom. The molecule has 0 N–H and O–H groups in total. The summed E-state index contributed by atoms with van der Waals surface area (Å²) in [6.07, 6.45) is -0.957. The number of aromatic nitrogens is 2. The van der Waals surface area contributed by atoms with E-state index in [2.05, 4.69) is 4.98 Å². The summed E-state index contributed by atoms with van der Waals surface area (Å²) < 4.78 is 41.1. The number of hydrogen-bond acceptors (Lipinski definition) is 3. The van der Waals surface area contributed by atoms with Crippen LogP contribution in [0.2, 0.25) is 0 Å². The number of hydrogen-bond donors (Lipinski definition) is 0. The molecule has 1 saturated heterocycles. The van der Waals surface area contributed by atoms with E-state index in [0.29, 0.717) is 35.5 Å². The minimum Gasteiger partial charge on any atom is -0.338 e. The van der Waals surface area contributed by atoms with Gasteiger partial charge in [0.25, 0.3) is 5.91 Å². The highest BCUT2D eigenvalue weighted by atomic mass is 32.2. The van der Waals surface area contributed by atoms with Gasteiger partial charge in [0.1, 0.15) is 5.82 Å². The van der Waals surface area contributed by atoms with Crippen molar-refractivity contribution in [2.75, 3.05) is 19.3 Å². The molecule has 4 nitrogen and oxygen atoms in total. The van der Waals surface area contributed by atoms with Crippen LogP contribution < -0.4 is 0 Å². The molecule has 0 aliphatic carbocycles. The lowest BCUT2D eigenvalue weighted by Crippen LogP contribution is -2.39. The van der Waals surface area contributed by atoms with Gasteiger partial charge in [-0.15, -0.1) is 11.8 Å². The van der Waals surface area contributed by atoms with Crippen LogP contribution in [0.1, 0.15) is 40.6 Å². The fraction of sp³-hybridized carbons (Fsp3) is 0.364. The molecule has 1 aliphatic heterocycles. The number of benzene rings is 2. The molecule has 4 rings (SSSR count). The molecule has 0 atom stereocenters. The van der Waals surface area contributed by atoms with Crippen molar-refractivity contribution < 1.29 is 18.0 Å². The first-order chi connectivity index (χ1) is 14.3. The van der Waals surface area contributed by atoms with E-state index in [1.54, 1.807) is 11.8 Å². The van der Waals surface area contributed by atoms with Crippen LogP contribution >= 0.6 is 11.8 Å². The Hall–Kier alpha value is -2.48. The zero-order chi connectivity index (χ0) is 21.5. The molecule has 0 spiro atoms. The average Bonchev–Trinajstić information content (AvgIpc) is 3.07. The minimum atomic E-state index is -4.38. The van der Waals surface area contributed by atoms with Crippen LogP contribution in [-0.4, -0.2) is 39.7 Å². The Labute approximate surface area is 177 Å². The van der Waals surface area contributed by atoms with Crippen molar-refractivity contribution in [2.45, 2.75) is 36.9 Å². The molecule has 1 aliphatic rings. The van der Waals surface area contributed by atoms with Gasteiger partial charge in [-0.2, -0.15) is 13.2 Å². The number of alkyl halides is 3. The molecule has 1 fully saturated rings. The maximum Gasteiger partial charge on any atom is 0.416 e. The smallest absolute Gasteiger partial charge is 0.338 e. The van der Waals surface area contributed by atoms with Crippen molar-refractivity contribution in [2.24, 2.45) is 0 Å². The Morgan fingerprint density at radius 3 is 2.50 bits per heavy atom. The van der Waals surface area contributed by atoms with Crippen LogP contribution in [0, 0.1) is 6.92 Å².